The van der Waals surface area contributed by atoms with Crippen LogP contribution in [0.1, 0.15) is 13.8 Å². The smallest absolute Gasteiger partial charge is 0.142 e. The van der Waals surface area contributed by atoms with E-state index >= 15 is 0 Å². The molecule has 1 fully saturated rings. The molecule has 19 heavy (non-hydrogen) atoms. The Labute approximate surface area is 115 Å². The predicted octanol–water partition coefficient (Wildman–Crippen LogP) is 2.22. The van der Waals surface area contributed by atoms with E-state index in [2.05, 4.69) is 17.1 Å². The number of hydrogen-bond donors (Lipinski definition) is 1. The number of benzene rings is 1. The Morgan fingerprint density at radius 3 is 3.00 bits per heavy atom. The number of para-hydroxylation sites is 2. The molecule has 2 rings (SSSR count). The molecule has 0 aliphatic carbocycles. The fourth-order valence-electron chi connectivity index (χ4n) is 2.31. The van der Waals surface area contributed by atoms with Gasteiger partial charge < -0.3 is 14.8 Å². The van der Waals surface area contributed by atoms with Gasteiger partial charge in [-0.2, -0.15) is 0 Å². The van der Waals surface area contributed by atoms with E-state index in [1.54, 1.807) is 0 Å². The van der Waals surface area contributed by atoms with Crippen molar-refractivity contribution in [3.8, 4) is 5.75 Å². The molecule has 1 aromatic carbocycles. The van der Waals surface area contributed by atoms with E-state index in [1.165, 1.54) is 0 Å². The van der Waals surface area contributed by atoms with Crippen LogP contribution < -0.4 is 10.1 Å². The second-order valence-corrected chi connectivity index (χ2v) is 4.70. The normalized spacial score (nSPS) is 20.2. The molecule has 4 heteroatoms. The van der Waals surface area contributed by atoms with E-state index in [0.717, 1.165) is 44.2 Å². The molecule has 0 spiro atoms. The third-order valence-electron chi connectivity index (χ3n) is 3.38. The maximum Gasteiger partial charge on any atom is 0.142 e. The van der Waals surface area contributed by atoms with Crippen LogP contribution in [0.3, 0.4) is 0 Å². The molecule has 0 bridgehead atoms. The second kappa shape index (κ2) is 7.36. The summed E-state index contributed by atoms with van der Waals surface area (Å²) < 4.78 is 11.4. The number of rotatable bonds is 6. The zero-order valence-corrected chi connectivity index (χ0v) is 11.9. The van der Waals surface area contributed by atoms with Crippen molar-refractivity contribution in [1.82, 2.24) is 4.90 Å². The van der Waals surface area contributed by atoms with E-state index in [9.17, 15) is 0 Å². The number of ether oxygens (including phenoxy) is 2. The van der Waals surface area contributed by atoms with Crippen LogP contribution in [0.4, 0.5) is 5.69 Å². The largest absolute Gasteiger partial charge is 0.492 e. The van der Waals surface area contributed by atoms with Crippen LogP contribution in [0.5, 0.6) is 5.75 Å². The van der Waals surface area contributed by atoms with E-state index < -0.39 is 0 Å². The van der Waals surface area contributed by atoms with Gasteiger partial charge in [-0.15, -0.1) is 0 Å². The minimum absolute atomic E-state index is 0.253. The van der Waals surface area contributed by atoms with Gasteiger partial charge in [-0.25, -0.2) is 0 Å². The molecule has 0 amide bonds. The quantitative estimate of drug-likeness (QED) is 0.854. The summed E-state index contributed by atoms with van der Waals surface area (Å²) in [4.78, 5) is 2.42. The average molecular weight is 264 g/mol. The molecule has 1 N–H and O–H groups in total. The van der Waals surface area contributed by atoms with Gasteiger partial charge in [0.2, 0.25) is 0 Å². The van der Waals surface area contributed by atoms with Crippen molar-refractivity contribution < 1.29 is 9.47 Å². The van der Waals surface area contributed by atoms with Crippen LogP contribution in [-0.4, -0.2) is 50.4 Å². The minimum atomic E-state index is 0.253. The lowest BCUT2D eigenvalue weighted by Gasteiger charge is -2.32. The number of morpholine rings is 1. The van der Waals surface area contributed by atoms with Gasteiger partial charge in [-0.3, -0.25) is 4.90 Å². The van der Waals surface area contributed by atoms with E-state index in [4.69, 9.17) is 9.47 Å². The van der Waals surface area contributed by atoms with Crippen molar-refractivity contribution in [2.24, 2.45) is 0 Å². The van der Waals surface area contributed by atoms with Gasteiger partial charge in [-0.05, 0) is 25.6 Å². The maximum atomic E-state index is 5.79. The van der Waals surface area contributed by atoms with Gasteiger partial charge in [0.25, 0.3) is 0 Å². The fourth-order valence-corrected chi connectivity index (χ4v) is 2.31. The summed E-state index contributed by atoms with van der Waals surface area (Å²) in [5.41, 5.74) is 1.04. The summed E-state index contributed by atoms with van der Waals surface area (Å²) in [7, 11) is 0. The van der Waals surface area contributed by atoms with Gasteiger partial charge >= 0.3 is 0 Å². The maximum absolute atomic E-state index is 5.79. The average Bonchev–Trinajstić information content (AvgIpc) is 2.47. The highest BCUT2D eigenvalue weighted by Crippen LogP contribution is 2.23. The van der Waals surface area contributed by atoms with Gasteiger partial charge in [-0.1, -0.05) is 19.1 Å². The van der Waals surface area contributed by atoms with Crippen LogP contribution >= 0.6 is 0 Å². The summed E-state index contributed by atoms with van der Waals surface area (Å²) >= 11 is 0. The first-order valence-corrected chi connectivity index (χ1v) is 7.13. The highest BCUT2D eigenvalue weighted by molar-refractivity contribution is 5.56. The van der Waals surface area contributed by atoms with Crippen molar-refractivity contribution in [2.75, 3.05) is 44.7 Å². The predicted molar refractivity (Wildman–Crippen MR) is 78.0 cm³/mol. The van der Waals surface area contributed by atoms with Crippen LogP contribution in [0.15, 0.2) is 24.3 Å². The Balaban J connectivity index is 1.87. The SMILES string of the molecule is CCOc1ccccc1NCC1CN(CC)CCO1. The zero-order chi connectivity index (χ0) is 13.5. The molecular weight excluding hydrogens is 240 g/mol. The van der Waals surface area contributed by atoms with Crippen molar-refractivity contribution in [3.05, 3.63) is 24.3 Å². The highest BCUT2D eigenvalue weighted by atomic mass is 16.5. The molecule has 0 aromatic heterocycles. The number of hydrogen-bond acceptors (Lipinski definition) is 4. The lowest BCUT2D eigenvalue weighted by molar-refractivity contribution is -0.0191. The van der Waals surface area contributed by atoms with Crippen molar-refractivity contribution >= 4 is 5.69 Å². The zero-order valence-electron chi connectivity index (χ0n) is 11.9. The topological polar surface area (TPSA) is 33.7 Å². The number of anilines is 1. The van der Waals surface area contributed by atoms with E-state index in [0.29, 0.717) is 6.61 Å². The van der Waals surface area contributed by atoms with Gasteiger partial charge in [0.05, 0.1) is 25.0 Å². The molecule has 1 unspecified atom stereocenters. The van der Waals surface area contributed by atoms with Crippen LogP contribution in [0.2, 0.25) is 0 Å². The molecule has 1 aliphatic rings. The van der Waals surface area contributed by atoms with Gasteiger partial charge in [0, 0.05) is 19.6 Å². The molecule has 1 aromatic rings. The number of nitrogens with one attached hydrogen (secondary N) is 1. The second-order valence-electron chi connectivity index (χ2n) is 4.70. The Kier molecular flexibility index (Phi) is 5.48. The van der Waals surface area contributed by atoms with Crippen LogP contribution in [0.25, 0.3) is 0 Å². The first-order chi connectivity index (χ1) is 9.33. The molecule has 106 valence electrons. The van der Waals surface area contributed by atoms with E-state index in [1.807, 2.05) is 31.2 Å². The standard InChI is InChI=1S/C15H24N2O2/c1-3-17-9-10-19-13(12-17)11-16-14-7-5-6-8-15(14)18-4-2/h5-8,13,16H,3-4,9-12H2,1-2H3. The fraction of sp³-hybridized carbons (Fsp3) is 0.600. The molecule has 1 heterocycles. The highest BCUT2D eigenvalue weighted by Gasteiger charge is 2.19. The van der Waals surface area contributed by atoms with Crippen LogP contribution in [0, 0.1) is 0 Å². The number of nitrogens with zero attached hydrogens (tertiary/aromatic N) is 1. The molecule has 1 saturated heterocycles. The van der Waals surface area contributed by atoms with Gasteiger partial charge in [0.1, 0.15) is 5.75 Å². The van der Waals surface area contributed by atoms with Crippen LogP contribution in [-0.2, 0) is 4.74 Å². The summed E-state index contributed by atoms with van der Waals surface area (Å²) in [6.45, 7) is 9.66. The molecule has 0 radical (unpaired) electrons. The lowest BCUT2D eigenvalue weighted by Crippen LogP contribution is -2.45. The molecule has 0 saturated carbocycles. The summed E-state index contributed by atoms with van der Waals surface area (Å²) in [6.07, 6.45) is 0.253. The molecular formula is C15H24N2O2. The molecule has 4 nitrogen and oxygen atoms in total. The lowest BCUT2D eigenvalue weighted by atomic mass is 10.2. The third-order valence-corrected chi connectivity index (χ3v) is 3.38. The van der Waals surface area contributed by atoms with Gasteiger partial charge in [0.15, 0.2) is 0 Å². The monoisotopic (exact) mass is 264 g/mol. The first kappa shape index (κ1) is 14.2. The van der Waals surface area contributed by atoms with Crippen molar-refractivity contribution in [3.63, 3.8) is 0 Å². The van der Waals surface area contributed by atoms with Crippen molar-refractivity contribution in [2.45, 2.75) is 20.0 Å². The summed E-state index contributed by atoms with van der Waals surface area (Å²) in [5, 5.41) is 3.44. The number of likely N-dealkylation sites (N-methyl/N-ethyl adjacent to an activating group) is 1. The Bertz CT molecular complexity index is 384. The molecule has 1 aliphatic heterocycles. The summed E-state index contributed by atoms with van der Waals surface area (Å²) in [5.74, 6) is 0.910. The summed E-state index contributed by atoms with van der Waals surface area (Å²) in [6, 6.07) is 8.05. The van der Waals surface area contributed by atoms with E-state index in [-0.39, 0.29) is 6.10 Å². The first-order valence-electron chi connectivity index (χ1n) is 7.13. The third kappa shape index (κ3) is 4.11. The Morgan fingerprint density at radius 1 is 1.37 bits per heavy atom. The Hall–Kier alpha value is -1.26. The molecule has 1 atom stereocenters. The minimum Gasteiger partial charge on any atom is -0.492 e. The van der Waals surface area contributed by atoms with Crippen molar-refractivity contribution in [1.29, 1.82) is 0 Å². The Morgan fingerprint density at radius 2 is 2.21 bits per heavy atom.